The highest BCUT2D eigenvalue weighted by Gasteiger charge is 2.35. The van der Waals surface area contributed by atoms with Crippen molar-refractivity contribution < 1.29 is 14.3 Å². The average molecular weight is 474 g/mol. The molecule has 1 aliphatic rings. The molecule has 0 unspecified atom stereocenters. The van der Waals surface area contributed by atoms with Crippen LogP contribution in [-0.4, -0.2) is 40.8 Å². The first kappa shape index (κ1) is 23.6. The Labute approximate surface area is 204 Å². The van der Waals surface area contributed by atoms with Crippen LogP contribution in [0.15, 0.2) is 89.9 Å². The molecule has 1 aliphatic heterocycles. The molecular formula is C27H27N3O3S. The van der Waals surface area contributed by atoms with Gasteiger partial charge in [-0.1, -0.05) is 72.4 Å². The first-order valence-electron chi connectivity index (χ1n) is 11.2. The van der Waals surface area contributed by atoms with E-state index < -0.39 is 5.25 Å². The summed E-state index contributed by atoms with van der Waals surface area (Å²) >= 11 is 1.33. The number of amides is 2. The topological polar surface area (TPSA) is 71.0 Å². The number of carbonyl (C=O) groups is 2. The van der Waals surface area contributed by atoms with E-state index >= 15 is 0 Å². The van der Waals surface area contributed by atoms with Crippen molar-refractivity contribution in [2.45, 2.75) is 24.6 Å². The molecule has 0 aliphatic carbocycles. The Hall–Kier alpha value is -3.58. The number of hydrogen-bond donors (Lipinski definition) is 1. The van der Waals surface area contributed by atoms with Crippen molar-refractivity contribution in [2.24, 2.45) is 4.99 Å². The minimum absolute atomic E-state index is 0.113. The zero-order valence-corrected chi connectivity index (χ0v) is 19.8. The standard InChI is InChI=1S/C27H27N3O3S/c1-33-23-14-12-22(13-15-23)29-27-30(19-21-10-6-3-7-11-21)25(31)18-24(34-27)26(32)28-17-16-20-8-4-2-5-9-20/h2-15,24H,16-19H2,1H3,(H,28,32)/t24-/m0/s1. The van der Waals surface area contributed by atoms with Gasteiger partial charge >= 0.3 is 0 Å². The molecular weight excluding hydrogens is 446 g/mol. The number of aliphatic imine (C=N–C) groups is 1. The molecule has 6 nitrogen and oxygen atoms in total. The second-order valence-corrected chi connectivity index (χ2v) is 9.07. The van der Waals surface area contributed by atoms with Crippen LogP contribution in [0, 0.1) is 0 Å². The van der Waals surface area contributed by atoms with Gasteiger partial charge in [-0.3, -0.25) is 14.5 Å². The number of amidine groups is 1. The van der Waals surface area contributed by atoms with Gasteiger partial charge < -0.3 is 10.1 Å². The van der Waals surface area contributed by atoms with E-state index in [0.29, 0.717) is 23.9 Å². The van der Waals surface area contributed by atoms with Gasteiger partial charge in [0.1, 0.15) is 5.75 Å². The maximum atomic E-state index is 13.1. The molecule has 0 saturated carbocycles. The van der Waals surface area contributed by atoms with Gasteiger partial charge in [-0.05, 0) is 41.8 Å². The normalized spacial score (nSPS) is 17.0. The lowest BCUT2D eigenvalue weighted by Crippen LogP contribution is -2.46. The third kappa shape index (κ3) is 6.26. The van der Waals surface area contributed by atoms with Crippen LogP contribution < -0.4 is 10.1 Å². The smallest absolute Gasteiger partial charge is 0.234 e. The Morgan fingerprint density at radius 2 is 1.65 bits per heavy atom. The Bertz CT molecular complexity index is 1130. The van der Waals surface area contributed by atoms with Gasteiger partial charge in [0, 0.05) is 13.0 Å². The second-order valence-electron chi connectivity index (χ2n) is 7.90. The van der Waals surface area contributed by atoms with Crippen molar-refractivity contribution in [3.8, 4) is 5.75 Å². The fraction of sp³-hybridized carbons (Fsp3) is 0.222. The number of ether oxygens (including phenoxy) is 1. The van der Waals surface area contributed by atoms with Crippen molar-refractivity contribution in [3.05, 3.63) is 96.1 Å². The lowest BCUT2D eigenvalue weighted by molar-refractivity contribution is -0.130. The van der Waals surface area contributed by atoms with Gasteiger partial charge in [-0.2, -0.15) is 0 Å². The summed E-state index contributed by atoms with van der Waals surface area (Å²) in [5.74, 6) is 0.474. The summed E-state index contributed by atoms with van der Waals surface area (Å²) in [6.07, 6.45) is 0.876. The maximum Gasteiger partial charge on any atom is 0.234 e. The molecule has 2 amide bonds. The third-order valence-electron chi connectivity index (χ3n) is 5.47. The largest absolute Gasteiger partial charge is 0.497 e. The maximum absolute atomic E-state index is 13.1. The third-order valence-corrected chi connectivity index (χ3v) is 6.66. The zero-order valence-electron chi connectivity index (χ0n) is 19.0. The van der Waals surface area contributed by atoms with E-state index in [4.69, 9.17) is 9.73 Å². The number of rotatable bonds is 8. The first-order chi connectivity index (χ1) is 16.6. The highest BCUT2D eigenvalue weighted by molar-refractivity contribution is 8.15. The summed E-state index contributed by atoms with van der Waals surface area (Å²) in [5.41, 5.74) is 2.86. The summed E-state index contributed by atoms with van der Waals surface area (Å²) in [4.78, 5) is 32.4. The fourth-order valence-electron chi connectivity index (χ4n) is 3.62. The van der Waals surface area contributed by atoms with Crippen LogP contribution in [-0.2, 0) is 22.6 Å². The van der Waals surface area contributed by atoms with Crippen LogP contribution in [0.1, 0.15) is 17.5 Å². The van der Waals surface area contributed by atoms with Gasteiger partial charge in [-0.15, -0.1) is 0 Å². The number of nitrogens with one attached hydrogen (secondary N) is 1. The summed E-state index contributed by atoms with van der Waals surface area (Å²) in [6.45, 7) is 0.927. The molecule has 1 saturated heterocycles. The van der Waals surface area contributed by atoms with Crippen molar-refractivity contribution in [1.29, 1.82) is 0 Å². The van der Waals surface area contributed by atoms with Crippen molar-refractivity contribution in [1.82, 2.24) is 10.2 Å². The van der Waals surface area contributed by atoms with E-state index in [1.54, 1.807) is 12.0 Å². The molecule has 1 atom stereocenters. The molecule has 1 N–H and O–H groups in total. The van der Waals surface area contributed by atoms with Gasteiger partial charge in [0.25, 0.3) is 0 Å². The molecule has 0 spiro atoms. The van der Waals surface area contributed by atoms with Gasteiger partial charge in [0.05, 0.1) is 24.6 Å². The SMILES string of the molecule is COc1ccc(N=C2S[C@H](C(=O)NCCc3ccccc3)CC(=O)N2Cc2ccccc2)cc1. The summed E-state index contributed by atoms with van der Waals surface area (Å²) < 4.78 is 5.22. The molecule has 0 aromatic heterocycles. The minimum Gasteiger partial charge on any atom is -0.497 e. The van der Waals surface area contributed by atoms with Crippen molar-refractivity contribution in [2.75, 3.05) is 13.7 Å². The Kier molecular flexibility index (Phi) is 7.99. The van der Waals surface area contributed by atoms with Gasteiger partial charge in [-0.25, -0.2) is 4.99 Å². The summed E-state index contributed by atoms with van der Waals surface area (Å²) in [6, 6.07) is 27.1. The van der Waals surface area contributed by atoms with Crippen LogP contribution in [0.5, 0.6) is 5.75 Å². The number of carbonyl (C=O) groups excluding carboxylic acids is 2. The molecule has 1 heterocycles. The summed E-state index contributed by atoms with van der Waals surface area (Å²) in [7, 11) is 1.61. The molecule has 174 valence electrons. The van der Waals surface area contributed by atoms with E-state index in [0.717, 1.165) is 23.3 Å². The van der Waals surface area contributed by atoms with E-state index in [2.05, 4.69) is 5.32 Å². The van der Waals surface area contributed by atoms with Crippen LogP contribution in [0.25, 0.3) is 0 Å². The van der Waals surface area contributed by atoms with Gasteiger partial charge in [0.2, 0.25) is 11.8 Å². The quantitative estimate of drug-likeness (QED) is 0.520. The number of hydrogen-bond acceptors (Lipinski definition) is 5. The number of methoxy groups -OCH3 is 1. The highest BCUT2D eigenvalue weighted by atomic mass is 32.2. The van der Waals surface area contributed by atoms with Crippen LogP contribution in [0.3, 0.4) is 0 Å². The molecule has 1 fully saturated rings. The molecule has 34 heavy (non-hydrogen) atoms. The fourth-order valence-corrected chi connectivity index (χ4v) is 4.74. The lowest BCUT2D eigenvalue weighted by atomic mass is 10.1. The first-order valence-corrected chi connectivity index (χ1v) is 12.1. The number of thioether (sulfide) groups is 1. The van der Waals surface area contributed by atoms with E-state index in [-0.39, 0.29) is 18.2 Å². The molecule has 4 rings (SSSR count). The minimum atomic E-state index is -0.521. The van der Waals surface area contributed by atoms with E-state index in [1.807, 2.05) is 84.9 Å². The van der Waals surface area contributed by atoms with E-state index in [1.165, 1.54) is 11.8 Å². The second kappa shape index (κ2) is 11.5. The number of nitrogens with zero attached hydrogens (tertiary/aromatic N) is 2. The predicted octanol–water partition coefficient (Wildman–Crippen LogP) is 4.58. The average Bonchev–Trinajstić information content (AvgIpc) is 2.87. The van der Waals surface area contributed by atoms with Crippen molar-refractivity contribution in [3.63, 3.8) is 0 Å². The molecule has 0 bridgehead atoms. The molecule has 7 heteroatoms. The van der Waals surface area contributed by atoms with Crippen LogP contribution >= 0.6 is 11.8 Å². The van der Waals surface area contributed by atoms with Crippen molar-refractivity contribution >= 4 is 34.4 Å². The Morgan fingerprint density at radius 3 is 2.29 bits per heavy atom. The Balaban J connectivity index is 1.49. The Morgan fingerprint density at radius 1 is 1.00 bits per heavy atom. The van der Waals surface area contributed by atoms with Gasteiger partial charge in [0.15, 0.2) is 5.17 Å². The van der Waals surface area contributed by atoms with E-state index in [9.17, 15) is 9.59 Å². The zero-order chi connectivity index (χ0) is 23.8. The summed E-state index contributed by atoms with van der Waals surface area (Å²) in [5, 5.41) is 2.98. The predicted molar refractivity (Wildman–Crippen MR) is 136 cm³/mol. The molecule has 0 radical (unpaired) electrons. The number of benzene rings is 3. The monoisotopic (exact) mass is 473 g/mol. The highest BCUT2D eigenvalue weighted by Crippen LogP contribution is 2.30. The van der Waals surface area contributed by atoms with Crippen LogP contribution in [0.4, 0.5) is 5.69 Å². The van der Waals surface area contributed by atoms with Crippen LogP contribution in [0.2, 0.25) is 0 Å². The lowest BCUT2D eigenvalue weighted by Gasteiger charge is -2.32. The molecule has 3 aromatic carbocycles. The molecule has 3 aromatic rings.